The van der Waals surface area contributed by atoms with E-state index < -0.39 is 10.8 Å². The summed E-state index contributed by atoms with van der Waals surface area (Å²) in [6.07, 6.45) is 0. The van der Waals surface area contributed by atoms with Crippen molar-refractivity contribution in [1.29, 1.82) is 0 Å². The maximum absolute atomic E-state index is 12.5. The van der Waals surface area contributed by atoms with Gasteiger partial charge in [0.05, 0.1) is 7.11 Å². The summed E-state index contributed by atoms with van der Waals surface area (Å²) in [6.45, 7) is 2.00. The second-order valence-electron chi connectivity index (χ2n) is 4.69. The van der Waals surface area contributed by atoms with Crippen molar-refractivity contribution < 1.29 is 8.95 Å². The normalized spacial score (nSPS) is 12.1. The number of rotatable bonds is 4. The molecule has 0 amide bonds. The average molecular weight is 330 g/mol. The third-order valence-corrected chi connectivity index (χ3v) is 5.45. The Hall–Kier alpha value is -2.05. The van der Waals surface area contributed by atoms with Gasteiger partial charge in [0.25, 0.3) is 0 Å². The molecule has 0 aliphatic rings. The second-order valence-corrected chi connectivity index (χ2v) is 7.10. The first-order chi connectivity index (χ1) is 10.7. The van der Waals surface area contributed by atoms with Crippen LogP contribution in [0.15, 0.2) is 57.8 Å². The number of nitrogens with zero attached hydrogens (tertiary/aromatic N) is 2. The number of benzene rings is 2. The third-order valence-electron chi connectivity index (χ3n) is 3.15. The molecule has 0 bridgehead atoms. The van der Waals surface area contributed by atoms with E-state index in [0.29, 0.717) is 10.2 Å². The summed E-state index contributed by atoms with van der Waals surface area (Å²) in [7, 11) is 0.330. The summed E-state index contributed by atoms with van der Waals surface area (Å²) < 4.78 is 22.4. The molecule has 2 aromatic carbocycles. The first-order valence-electron chi connectivity index (χ1n) is 6.64. The van der Waals surface area contributed by atoms with Gasteiger partial charge in [-0.25, -0.2) is 9.19 Å². The molecule has 1 atom stereocenters. The molecule has 0 N–H and O–H groups in total. The van der Waals surface area contributed by atoms with E-state index in [0.717, 1.165) is 21.8 Å². The summed E-state index contributed by atoms with van der Waals surface area (Å²) in [4.78, 5) is 5.14. The van der Waals surface area contributed by atoms with E-state index in [9.17, 15) is 4.21 Å². The highest BCUT2D eigenvalue weighted by molar-refractivity contribution is 7.87. The van der Waals surface area contributed by atoms with Crippen molar-refractivity contribution in [2.24, 2.45) is 0 Å². The zero-order chi connectivity index (χ0) is 15.5. The van der Waals surface area contributed by atoms with Crippen molar-refractivity contribution in [3.05, 3.63) is 54.1 Å². The largest absolute Gasteiger partial charge is 0.497 e. The molecule has 0 spiro atoms. The van der Waals surface area contributed by atoms with Gasteiger partial charge in [-0.1, -0.05) is 17.7 Å². The van der Waals surface area contributed by atoms with Crippen LogP contribution in [0.3, 0.4) is 0 Å². The molecule has 0 fully saturated rings. The molecule has 4 nitrogen and oxygen atoms in total. The fourth-order valence-corrected chi connectivity index (χ4v) is 3.77. The zero-order valence-electron chi connectivity index (χ0n) is 12.1. The van der Waals surface area contributed by atoms with E-state index in [2.05, 4.69) is 9.36 Å². The van der Waals surface area contributed by atoms with E-state index in [1.165, 1.54) is 11.5 Å². The molecule has 3 rings (SSSR count). The van der Waals surface area contributed by atoms with Gasteiger partial charge in [-0.3, -0.25) is 0 Å². The molecular weight excluding hydrogens is 316 g/mol. The molecule has 112 valence electrons. The quantitative estimate of drug-likeness (QED) is 0.732. The van der Waals surface area contributed by atoms with Crippen LogP contribution in [0.5, 0.6) is 5.75 Å². The first kappa shape index (κ1) is 14.9. The number of methoxy groups -OCH3 is 1. The molecule has 0 saturated carbocycles. The molecule has 0 aliphatic carbocycles. The van der Waals surface area contributed by atoms with Gasteiger partial charge in [-0.15, -0.1) is 0 Å². The van der Waals surface area contributed by atoms with Gasteiger partial charge in [0.15, 0.2) is 5.82 Å². The predicted octanol–water partition coefficient (Wildman–Crippen LogP) is 3.69. The van der Waals surface area contributed by atoms with Gasteiger partial charge < -0.3 is 4.74 Å². The Labute approximate surface area is 135 Å². The fourth-order valence-electron chi connectivity index (χ4n) is 1.90. The molecule has 1 heterocycles. The Morgan fingerprint density at radius 2 is 1.73 bits per heavy atom. The lowest BCUT2D eigenvalue weighted by Gasteiger charge is -2.00. The molecular formula is C16H14N2O2S2. The van der Waals surface area contributed by atoms with Crippen LogP contribution in [0.1, 0.15) is 5.56 Å². The van der Waals surface area contributed by atoms with E-state index in [-0.39, 0.29) is 0 Å². The van der Waals surface area contributed by atoms with Crippen molar-refractivity contribution in [3.8, 4) is 17.1 Å². The molecule has 1 unspecified atom stereocenters. The second kappa shape index (κ2) is 6.37. The Morgan fingerprint density at radius 3 is 2.36 bits per heavy atom. The maximum Gasteiger partial charge on any atom is 0.205 e. The predicted molar refractivity (Wildman–Crippen MR) is 87.8 cm³/mol. The van der Waals surface area contributed by atoms with Gasteiger partial charge in [0.1, 0.15) is 16.5 Å². The van der Waals surface area contributed by atoms with Gasteiger partial charge in [-0.05, 0) is 54.9 Å². The lowest BCUT2D eigenvalue weighted by atomic mass is 10.2. The summed E-state index contributed by atoms with van der Waals surface area (Å²) in [5.41, 5.74) is 2.01. The molecule has 0 aliphatic heterocycles. The monoisotopic (exact) mass is 330 g/mol. The van der Waals surface area contributed by atoms with Gasteiger partial charge >= 0.3 is 0 Å². The van der Waals surface area contributed by atoms with E-state index in [4.69, 9.17) is 4.74 Å². The van der Waals surface area contributed by atoms with Crippen LogP contribution in [-0.2, 0) is 10.8 Å². The highest BCUT2D eigenvalue weighted by atomic mass is 32.2. The maximum atomic E-state index is 12.5. The van der Waals surface area contributed by atoms with Crippen LogP contribution >= 0.6 is 11.5 Å². The molecule has 22 heavy (non-hydrogen) atoms. The van der Waals surface area contributed by atoms with Crippen LogP contribution in [0.2, 0.25) is 0 Å². The number of hydrogen-bond donors (Lipinski definition) is 0. The highest BCUT2D eigenvalue weighted by Gasteiger charge is 2.14. The molecule has 1 aromatic heterocycles. The van der Waals surface area contributed by atoms with Crippen LogP contribution in [0, 0.1) is 6.92 Å². The third kappa shape index (κ3) is 3.08. The average Bonchev–Trinajstić information content (AvgIpc) is 3.05. The summed E-state index contributed by atoms with van der Waals surface area (Å²) >= 11 is 1.17. The summed E-state index contributed by atoms with van der Waals surface area (Å²) in [6, 6.07) is 15.1. The van der Waals surface area contributed by atoms with Crippen molar-refractivity contribution in [1.82, 2.24) is 9.36 Å². The Kier molecular flexibility index (Phi) is 4.31. The Balaban J connectivity index is 1.86. The van der Waals surface area contributed by atoms with Gasteiger partial charge in [0.2, 0.25) is 4.34 Å². The minimum Gasteiger partial charge on any atom is -0.497 e. The lowest BCUT2D eigenvalue weighted by molar-refractivity contribution is 0.415. The Bertz CT molecular complexity index is 796. The van der Waals surface area contributed by atoms with Gasteiger partial charge in [-0.2, -0.15) is 4.37 Å². The van der Waals surface area contributed by atoms with Crippen LogP contribution in [0.4, 0.5) is 0 Å². The van der Waals surface area contributed by atoms with Crippen molar-refractivity contribution in [3.63, 3.8) is 0 Å². The van der Waals surface area contributed by atoms with Crippen LogP contribution in [0.25, 0.3) is 11.4 Å². The van der Waals surface area contributed by atoms with E-state index >= 15 is 0 Å². The van der Waals surface area contributed by atoms with Crippen molar-refractivity contribution in [2.45, 2.75) is 16.2 Å². The highest BCUT2D eigenvalue weighted by Crippen LogP contribution is 2.24. The molecule has 6 heteroatoms. The molecule has 0 radical (unpaired) electrons. The standard InChI is InChI=1S/C16H14N2O2S2/c1-11-3-9-14(10-4-11)22(19)16-17-15(18-21-16)12-5-7-13(20-2)8-6-12/h3-10H,1-2H3. The fraction of sp³-hybridized carbons (Fsp3) is 0.125. The smallest absolute Gasteiger partial charge is 0.205 e. The van der Waals surface area contributed by atoms with Crippen molar-refractivity contribution >= 4 is 22.3 Å². The Morgan fingerprint density at radius 1 is 1.05 bits per heavy atom. The van der Waals surface area contributed by atoms with E-state index in [1.54, 1.807) is 7.11 Å². The SMILES string of the molecule is COc1ccc(-c2nsc(S(=O)c3ccc(C)cc3)n2)cc1. The number of ether oxygens (including phenoxy) is 1. The summed E-state index contributed by atoms with van der Waals surface area (Å²) in [5.74, 6) is 1.37. The van der Waals surface area contributed by atoms with Gasteiger partial charge in [0, 0.05) is 10.5 Å². The number of aromatic nitrogens is 2. The lowest BCUT2D eigenvalue weighted by Crippen LogP contribution is -1.92. The van der Waals surface area contributed by atoms with Crippen LogP contribution < -0.4 is 4.74 Å². The topological polar surface area (TPSA) is 52.1 Å². The molecule has 3 aromatic rings. The first-order valence-corrected chi connectivity index (χ1v) is 8.56. The van der Waals surface area contributed by atoms with Crippen molar-refractivity contribution in [2.75, 3.05) is 7.11 Å². The molecule has 0 saturated heterocycles. The minimum absolute atomic E-state index is 0.509. The summed E-state index contributed by atoms with van der Waals surface area (Å²) in [5, 5.41) is 0. The van der Waals surface area contributed by atoms with E-state index in [1.807, 2.05) is 55.5 Å². The number of hydrogen-bond acceptors (Lipinski definition) is 5. The van der Waals surface area contributed by atoms with Crippen LogP contribution in [-0.4, -0.2) is 20.7 Å². The zero-order valence-corrected chi connectivity index (χ0v) is 13.8. The minimum atomic E-state index is -1.29. The number of aryl methyl sites for hydroxylation is 1.